The van der Waals surface area contributed by atoms with Gasteiger partial charge in [0.25, 0.3) is 0 Å². The summed E-state index contributed by atoms with van der Waals surface area (Å²) in [6.45, 7) is 0. The summed E-state index contributed by atoms with van der Waals surface area (Å²) in [4.78, 5) is 20.9. The lowest BCUT2D eigenvalue weighted by atomic mass is 10.1. The minimum Gasteiger partial charge on any atom is -0.481 e. The first-order chi connectivity index (χ1) is 8.99. The van der Waals surface area contributed by atoms with Crippen molar-refractivity contribution in [3.05, 3.63) is 34.1 Å². The minimum atomic E-state index is -0.900. The summed E-state index contributed by atoms with van der Waals surface area (Å²) < 4.78 is 13.4. The number of aliphatic carboxylic acids is 1. The van der Waals surface area contributed by atoms with Crippen LogP contribution in [0.1, 0.15) is 19.3 Å². The van der Waals surface area contributed by atoms with Gasteiger partial charge in [-0.3, -0.25) is 14.9 Å². The molecule has 2 N–H and O–H groups in total. The number of hydrogen-bond acceptors (Lipinski definition) is 4. The Balaban J connectivity index is 2.14. The molecule has 1 aromatic rings. The molecule has 0 bridgehead atoms. The number of para-hydroxylation sites is 1. The molecule has 0 amide bonds. The number of carbonyl (C=O) groups is 1. The van der Waals surface area contributed by atoms with Gasteiger partial charge in [-0.1, -0.05) is 6.07 Å². The van der Waals surface area contributed by atoms with Crippen molar-refractivity contribution in [3.8, 4) is 0 Å². The molecule has 2 atom stereocenters. The molecule has 2 unspecified atom stereocenters. The second-order valence-electron chi connectivity index (χ2n) is 4.58. The standard InChI is InChI=1S/C12H13FN2O4/c13-9-2-1-3-10(11(9)15(18)19)14-8-5-4-7(6-8)12(16)17/h1-3,7-8,14H,4-6H2,(H,16,17). The molecule has 0 aromatic heterocycles. The van der Waals surface area contributed by atoms with Crippen molar-refractivity contribution in [1.82, 2.24) is 0 Å². The maximum atomic E-state index is 13.4. The fourth-order valence-electron chi connectivity index (χ4n) is 2.37. The van der Waals surface area contributed by atoms with Crippen molar-refractivity contribution in [3.63, 3.8) is 0 Å². The number of nitro benzene ring substituents is 1. The summed E-state index contributed by atoms with van der Waals surface area (Å²) in [6.07, 6.45) is 1.52. The molecule has 0 spiro atoms. The highest BCUT2D eigenvalue weighted by Gasteiger charge is 2.31. The van der Waals surface area contributed by atoms with Gasteiger partial charge in [0.2, 0.25) is 5.82 Å². The molecule has 19 heavy (non-hydrogen) atoms. The minimum absolute atomic E-state index is 0.0982. The van der Waals surface area contributed by atoms with E-state index in [0.717, 1.165) is 6.07 Å². The van der Waals surface area contributed by atoms with Crippen molar-refractivity contribution in [1.29, 1.82) is 0 Å². The first-order valence-corrected chi connectivity index (χ1v) is 5.91. The van der Waals surface area contributed by atoms with Crippen LogP contribution in [0.2, 0.25) is 0 Å². The number of carboxylic acid groups (broad SMARTS) is 1. The zero-order chi connectivity index (χ0) is 14.0. The molecule has 0 aliphatic heterocycles. The number of nitro groups is 1. The Bertz CT molecular complexity index is 520. The lowest BCUT2D eigenvalue weighted by Gasteiger charge is -2.14. The molecule has 1 saturated carbocycles. The highest BCUT2D eigenvalue weighted by atomic mass is 19.1. The predicted molar refractivity (Wildman–Crippen MR) is 65.4 cm³/mol. The molecule has 1 aliphatic rings. The number of benzene rings is 1. The largest absolute Gasteiger partial charge is 0.481 e. The van der Waals surface area contributed by atoms with Crippen LogP contribution in [0, 0.1) is 21.8 Å². The Morgan fingerprint density at radius 3 is 2.79 bits per heavy atom. The zero-order valence-corrected chi connectivity index (χ0v) is 10.0. The Morgan fingerprint density at radius 2 is 2.21 bits per heavy atom. The van der Waals surface area contributed by atoms with Crippen LogP contribution in [0.15, 0.2) is 18.2 Å². The molecular weight excluding hydrogens is 255 g/mol. The molecule has 0 radical (unpaired) electrons. The molecule has 1 aromatic carbocycles. The fraction of sp³-hybridized carbons (Fsp3) is 0.417. The van der Waals surface area contributed by atoms with Gasteiger partial charge in [0.1, 0.15) is 5.69 Å². The van der Waals surface area contributed by atoms with Gasteiger partial charge < -0.3 is 10.4 Å². The molecule has 1 fully saturated rings. The van der Waals surface area contributed by atoms with E-state index in [1.807, 2.05) is 0 Å². The van der Waals surface area contributed by atoms with E-state index >= 15 is 0 Å². The van der Waals surface area contributed by atoms with Gasteiger partial charge >= 0.3 is 11.7 Å². The monoisotopic (exact) mass is 268 g/mol. The number of rotatable bonds is 4. The van der Waals surface area contributed by atoms with E-state index in [1.165, 1.54) is 12.1 Å². The average Bonchev–Trinajstić information content (AvgIpc) is 2.77. The third kappa shape index (κ3) is 2.81. The number of nitrogens with one attached hydrogen (secondary N) is 1. The van der Waals surface area contributed by atoms with Crippen molar-refractivity contribution >= 4 is 17.3 Å². The second-order valence-corrected chi connectivity index (χ2v) is 4.58. The van der Waals surface area contributed by atoms with Crippen molar-refractivity contribution < 1.29 is 19.2 Å². The quantitative estimate of drug-likeness (QED) is 0.646. The summed E-state index contributed by atoms with van der Waals surface area (Å²) in [5.41, 5.74) is -0.498. The first kappa shape index (κ1) is 13.3. The fourth-order valence-corrected chi connectivity index (χ4v) is 2.37. The molecule has 102 valence electrons. The van der Waals surface area contributed by atoms with Gasteiger partial charge in [0.15, 0.2) is 0 Å². The van der Waals surface area contributed by atoms with Crippen LogP contribution in [0.25, 0.3) is 0 Å². The molecule has 0 heterocycles. The van der Waals surface area contributed by atoms with Gasteiger partial charge in [-0.25, -0.2) is 0 Å². The number of carboxylic acids is 1. The van der Waals surface area contributed by atoms with Gasteiger partial charge in [0.05, 0.1) is 10.8 Å². The second kappa shape index (κ2) is 5.21. The zero-order valence-electron chi connectivity index (χ0n) is 10.0. The third-order valence-corrected chi connectivity index (χ3v) is 3.31. The number of hydrogen-bond donors (Lipinski definition) is 2. The number of halogens is 1. The van der Waals surface area contributed by atoms with Gasteiger partial charge in [0, 0.05) is 6.04 Å². The Kier molecular flexibility index (Phi) is 3.64. The van der Waals surface area contributed by atoms with Crippen LogP contribution in [0.3, 0.4) is 0 Å². The third-order valence-electron chi connectivity index (χ3n) is 3.31. The summed E-state index contributed by atoms with van der Waals surface area (Å²) in [6, 6.07) is 3.66. The maximum Gasteiger partial charge on any atom is 0.327 e. The summed E-state index contributed by atoms with van der Waals surface area (Å²) in [7, 11) is 0. The molecule has 7 heteroatoms. The van der Waals surface area contributed by atoms with E-state index in [2.05, 4.69) is 5.32 Å². The average molecular weight is 268 g/mol. The van der Waals surface area contributed by atoms with E-state index in [0.29, 0.717) is 19.3 Å². The molecule has 2 rings (SSSR count). The van der Waals surface area contributed by atoms with Crippen LogP contribution in [-0.4, -0.2) is 22.0 Å². The van der Waals surface area contributed by atoms with Crippen LogP contribution < -0.4 is 5.32 Å². The lowest BCUT2D eigenvalue weighted by Crippen LogP contribution is -2.18. The lowest BCUT2D eigenvalue weighted by molar-refractivity contribution is -0.386. The normalized spacial score (nSPS) is 22.2. The highest BCUT2D eigenvalue weighted by Crippen LogP contribution is 2.32. The van der Waals surface area contributed by atoms with Crippen molar-refractivity contribution in [2.45, 2.75) is 25.3 Å². The summed E-state index contributed by atoms with van der Waals surface area (Å²) in [5.74, 6) is -2.20. The van der Waals surface area contributed by atoms with Gasteiger partial charge in [-0.2, -0.15) is 4.39 Å². The van der Waals surface area contributed by atoms with E-state index < -0.39 is 28.3 Å². The van der Waals surface area contributed by atoms with E-state index in [1.54, 1.807) is 0 Å². The summed E-state index contributed by atoms with van der Waals surface area (Å²) >= 11 is 0. The van der Waals surface area contributed by atoms with Crippen LogP contribution in [-0.2, 0) is 4.79 Å². The van der Waals surface area contributed by atoms with Crippen LogP contribution in [0.5, 0.6) is 0 Å². The maximum absolute atomic E-state index is 13.4. The highest BCUT2D eigenvalue weighted by molar-refractivity contribution is 5.71. The summed E-state index contributed by atoms with van der Waals surface area (Å²) in [5, 5.41) is 22.6. The Labute approximate surface area is 108 Å². The van der Waals surface area contributed by atoms with E-state index in [4.69, 9.17) is 5.11 Å². The van der Waals surface area contributed by atoms with Gasteiger partial charge in [-0.05, 0) is 31.4 Å². The topological polar surface area (TPSA) is 92.5 Å². The van der Waals surface area contributed by atoms with Gasteiger partial charge in [-0.15, -0.1) is 0 Å². The Hall–Kier alpha value is -2.18. The number of nitrogens with zero attached hydrogens (tertiary/aromatic N) is 1. The van der Waals surface area contributed by atoms with Crippen LogP contribution in [0.4, 0.5) is 15.8 Å². The molecule has 1 aliphatic carbocycles. The molecule has 0 saturated heterocycles. The SMILES string of the molecule is O=C(O)C1CCC(Nc2cccc(F)c2[N+](=O)[O-])C1. The van der Waals surface area contributed by atoms with Crippen molar-refractivity contribution in [2.75, 3.05) is 5.32 Å². The van der Waals surface area contributed by atoms with E-state index in [-0.39, 0.29) is 11.7 Å². The van der Waals surface area contributed by atoms with E-state index in [9.17, 15) is 19.3 Å². The molecular formula is C12H13FN2O4. The van der Waals surface area contributed by atoms with Crippen LogP contribution >= 0.6 is 0 Å². The Morgan fingerprint density at radius 1 is 1.47 bits per heavy atom. The van der Waals surface area contributed by atoms with Crippen molar-refractivity contribution in [2.24, 2.45) is 5.92 Å². The first-order valence-electron chi connectivity index (χ1n) is 5.91. The smallest absolute Gasteiger partial charge is 0.327 e. The molecule has 6 nitrogen and oxygen atoms in total. The number of anilines is 1. The predicted octanol–water partition coefficient (Wildman–Crippen LogP) is 2.40.